The van der Waals surface area contributed by atoms with Crippen LogP contribution in [0.3, 0.4) is 0 Å². The van der Waals surface area contributed by atoms with E-state index in [2.05, 4.69) is 15.9 Å². The van der Waals surface area contributed by atoms with E-state index in [-0.39, 0.29) is 0 Å². The van der Waals surface area contributed by atoms with Gasteiger partial charge in [0.25, 0.3) is 0 Å². The van der Waals surface area contributed by atoms with Gasteiger partial charge in [-0.05, 0) is 35.4 Å². The minimum absolute atomic E-state index is 0.298. The molecule has 0 aliphatic rings. The molecular formula is C15H11BrO2. The van der Waals surface area contributed by atoms with E-state index in [1.165, 1.54) is 0 Å². The number of carboxylic acids is 1. The molecule has 2 aromatic rings. The maximum Gasteiger partial charge on any atom is 0.335 e. The Morgan fingerprint density at radius 3 is 2.22 bits per heavy atom. The van der Waals surface area contributed by atoms with E-state index in [1.54, 1.807) is 18.2 Å². The van der Waals surface area contributed by atoms with Crippen LogP contribution in [-0.2, 0) is 0 Å². The van der Waals surface area contributed by atoms with E-state index in [1.807, 2.05) is 42.5 Å². The number of rotatable bonds is 3. The van der Waals surface area contributed by atoms with E-state index < -0.39 is 5.97 Å². The van der Waals surface area contributed by atoms with Crippen molar-refractivity contribution < 1.29 is 9.90 Å². The predicted molar refractivity (Wildman–Crippen MR) is 76.5 cm³/mol. The summed E-state index contributed by atoms with van der Waals surface area (Å²) in [6.45, 7) is 0. The standard InChI is InChI=1S/C15H11BrO2/c16-14-6-2-4-12(10-14)8-7-11-3-1-5-13(9-11)15(17)18/h1-10H,(H,17,18). The van der Waals surface area contributed by atoms with E-state index in [4.69, 9.17) is 5.11 Å². The van der Waals surface area contributed by atoms with Crippen molar-refractivity contribution in [1.29, 1.82) is 0 Å². The van der Waals surface area contributed by atoms with Gasteiger partial charge in [0.05, 0.1) is 5.56 Å². The Morgan fingerprint density at radius 1 is 1.00 bits per heavy atom. The van der Waals surface area contributed by atoms with Crippen molar-refractivity contribution in [3.63, 3.8) is 0 Å². The van der Waals surface area contributed by atoms with Gasteiger partial charge in [0, 0.05) is 4.47 Å². The normalized spacial score (nSPS) is 10.7. The molecule has 1 N–H and O–H groups in total. The van der Waals surface area contributed by atoms with Crippen molar-refractivity contribution in [1.82, 2.24) is 0 Å². The molecule has 0 aromatic heterocycles. The fourth-order valence-electron chi connectivity index (χ4n) is 1.58. The number of hydrogen-bond acceptors (Lipinski definition) is 1. The maximum atomic E-state index is 10.8. The van der Waals surface area contributed by atoms with Crippen LogP contribution >= 0.6 is 15.9 Å². The Balaban J connectivity index is 2.23. The van der Waals surface area contributed by atoms with Crippen LogP contribution in [0.15, 0.2) is 53.0 Å². The van der Waals surface area contributed by atoms with Crippen molar-refractivity contribution in [2.45, 2.75) is 0 Å². The number of aromatic carboxylic acids is 1. The third-order valence-electron chi connectivity index (χ3n) is 2.45. The minimum Gasteiger partial charge on any atom is -0.478 e. The molecule has 18 heavy (non-hydrogen) atoms. The first kappa shape index (κ1) is 12.6. The van der Waals surface area contributed by atoms with Crippen LogP contribution in [0.2, 0.25) is 0 Å². The molecule has 0 heterocycles. The summed E-state index contributed by atoms with van der Waals surface area (Å²) >= 11 is 3.41. The van der Waals surface area contributed by atoms with Crippen molar-refractivity contribution in [3.8, 4) is 0 Å². The molecule has 0 unspecified atom stereocenters. The van der Waals surface area contributed by atoms with Gasteiger partial charge in [-0.15, -0.1) is 0 Å². The molecular weight excluding hydrogens is 292 g/mol. The van der Waals surface area contributed by atoms with E-state index in [0.717, 1.165) is 15.6 Å². The van der Waals surface area contributed by atoms with Gasteiger partial charge in [-0.25, -0.2) is 4.79 Å². The second-order valence-corrected chi connectivity index (χ2v) is 4.73. The monoisotopic (exact) mass is 302 g/mol. The molecule has 3 heteroatoms. The molecule has 0 amide bonds. The Labute approximate surface area is 114 Å². The van der Waals surface area contributed by atoms with E-state index >= 15 is 0 Å². The number of carbonyl (C=O) groups is 1. The first-order chi connectivity index (χ1) is 8.65. The van der Waals surface area contributed by atoms with Crippen LogP contribution in [0.5, 0.6) is 0 Å². The summed E-state index contributed by atoms with van der Waals surface area (Å²) in [5.41, 5.74) is 2.23. The van der Waals surface area contributed by atoms with Gasteiger partial charge in [0.15, 0.2) is 0 Å². The number of hydrogen-bond donors (Lipinski definition) is 1. The summed E-state index contributed by atoms with van der Waals surface area (Å²) in [4.78, 5) is 10.8. The Hall–Kier alpha value is -1.87. The lowest BCUT2D eigenvalue weighted by Gasteiger charge is -1.98. The van der Waals surface area contributed by atoms with Gasteiger partial charge in [0.2, 0.25) is 0 Å². The van der Waals surface area contributed by atoms with Crippen LogP contribution in [0, 0.1) is 0 Å². The third-order valence-corrected chi connectivity index (χ3v) is 2.94. The van der Waals surface area contributed by atoms with Gasteiger partial charge in [-0.1, -0.05) is 52.3 Å². The van der Waals surface area contributed by atoms with Gasteiger partial charge in [-0.2, -0.15) is 0 Å². The number of carboxylic acid groups (broad SMARTS) is 1. The first-order valence-electron chi connectivity index (χ1n) is 5.42. The molecule has 2 aromatic carbocycles. The SMILES string of the molecule is O=C(O)c1cccc(C=Cc2cccc(Br)c2)c1. The summed E-state index contributed by atoms with van der Waals surface area (Å²) in [7, 11) is 0. The van der Waals surface area contributed by atoms with E-state index in [9.17, 15) is 4.79 Å². The van der Waals surface area contributed by atoms with Crippen LogP contribution in [0.1, 0.15) is 21.5 Å². The highest BCUT2D eigenvalue weighted by Gasteiger charge is 2.01. The molecule has 0 atom stereocenters. The minimum atomic E-state index is -0.910. The number of benzene rings is 2. The highest BCUT2D eigenvalue weighted by atomic mass is 79.9. The van der Waals surface area contributed by atoms with Crippen LogP contribution in [-0.4, -0.2) is 11.1 Å². The summed E-state index contributed by atoms with van der Waals surface area (Å²) in [5.74, 6) is -0.910. The molecule has 90 valence electrons. The van der Waals surface area contributed by atoms with Crippen molar-refractivity contribution in [3.05, 3.63) is 69.7 Å². The van der Waals surface area contributed by atoms with Gasteiger partial charge in [0.1, 0.15) is 0 Å². The molecule has 0 radical (unpaired) electrons. The molecule has 0 bridgehead atoms. The second-order valence-electron chi connectivity index (χ2n) is 3.82. The van der Waals surface area contributed by atoms with Crippen molar-refractivity contribution in [2.24, 2.45) is 0 Å². The van der Waals surface area contributed by atoms with Gasteiger partial charge in [-0.3, -0.25) is 0 Å². The lowest BCUT2D eigenvalue weighted by molar-refractivity contribution is 0.0697. The second kappa shape index (κ2) is 5.65. The molecule has 0 fully saturated rings. The zero-order valence-electron chi connectivity index (χ0n) is 9.51. The average molecular weight is 303 g/mol. The summed E-state index contributed by atoms with van der Waals surface area (Å²) in [6.07, 6.45) is 3.85. The third kappa shape index (κ3) is 3.31. The van der Waals surface area contributed by atoms with E-state index in [0.29, 0.717) is 5.56 Å². The Morgan fingerprint density at radius 2 is 1.61 bits per heavy atom. The molecule has 0 saturated carbocycles. The van der Waals surface area contributed by atoms with Gasteiger partial charge >= 0.3 is 5.97 Å². The lowest BCUT2D eigenvalue weighted by atomic mass is 10.1. The topological polar surface area (TPSA) is 37.3 Å². The van der Waals surface area contributed by atoms with Crippen molar-refractivity contribution in [2.75, 3.05) is 0 Å². The first-order valence-corrected chi connectivity index (χ1v) is 6.21. The summed E-state index contributed by atoms with van der Waals surface area (Å²) in [6, 6.07) is 14.8. The molecule has 0 spiro atoms. The zero-order valence-corrected chi connectivity index (χ0v) is 11.1. The number of halogens is 1. The highest BCUT2D eigenvalue weighted by molar-refractivity contribution is 9.10. The highest BCUT2D eigenvalue weighted by Crippen LogP contribution is 2.15. The lowest BCUT2D eigenvalue weighted by Crippen LogP contribution is -1.95. The zero-order chi connectivity index (χ0) is 13.0. The Bertz CT molecular complexity index is 603. The molecule has 2 rings (SSSR count). The summed E-state index contributed by atoms with van der Waals surface area (Å²) in [5, 5.41) is 8.90. The summed E-state index contributed by atoms with van der Waals surface area (Å²) < 4.78 is 1.02. The van der Waals surface area contributed by atoms with Crippen LogP contribution in [0.25, 0.3) is 12.2 Å². The quantitative estimate of drug-likeness (QED) is 0.858. The van der Waals surface area contributed by atoms with Gasteiger partial charge < -0.3 is 5.11 Å². The largest absolute Gasteiger partial charge is 0.478 e. The molecule has 0 saturated heterocycles. The fraction of sp³-hybridized carbons (Fsp3) is 0. The average Bonchev–Trinajstić information content (AvgIpc) is 2.37. The fourth-order valence-corrected chi connectivity index (χ4v) is 2.00. The van der Waals surface area contributed by atoms with Crippen LogP contribution in [0.4, 0.5) is 0 Å². The van der Waals surface area contributed by atoms with Crippen molar-refractivity contribution >= 4 is 34.1 Å². The molecule has 0 aliphatic carbocycles. The smallest absolute Gasteiger partial charge is 0.335 e. The Kier molecular flexibility index (Phi) is 3.95. The van der Waals surface area contributed by atoms with Crippen LogP contribution < -0.4 is 0 Å². The maximum absolute atomic E-state index is 10.8. The molecule has 2 nitrogen and oxygen atoms in total. The molecule has 0 aliphatic heterocycles. The predicted octanol–water partition coefficient (Wildman–Crippen LogP) is 4.32.